The molecule has 0 saturated carbocycles. The largest absolute Gasteiger partial charge is 0.497 e. The number of rotatable bonds is 6. The van der Waals surface area contributed by atoms with E-state index in [-0.39, 0.29) is 12.3 Å². The number of sulfone groups is 1. The Hall–Kier alpha value is -3.00. The lowest BCUT2D eigenvalue weighted by molar-refractivity contribution is 0.252. The molecule has 1 heterocycles. The predicted molar refractivity (Wildman–Crippen MR) is 110 cm³/mol. The molecule has 3 rings (SSSR count). The van der Waals surface area contributed by atoms with Gasteiger partial charge >= 0.3 is 6.03 Å². The first kappa shape index (κ1) is 19.8. The van der Waals surface area contributed by atoms with Gasteiger partial charge in [-0.15, -0.1) is 0 Å². The monoisotopic (exact) mass is 401 g/mol. The van der Waals surface area contributed by atoms with Crippen LogP contribution in [-0.4, -0.2) is 38.4 Å². The number of benzene rings is 2. The molecule has 148 valence electrons. The summed E-state index contributed by atoms with van der Waals surface area (Å²) < 4.78 is 32.8. The van der Waals surface area contributed by atoms with E-state index in [2.05, 4.69) is 10.6 Å². The second-order valence-corrected chi connectivity index (χ2v) is 8.47. The van der Waals surface area contributed by atoms with E-state index in [4.69, 9.17) is 4.74 Å². The van der Waals surface area contributed by atoms with Gasteiger partial charge in [0.1, 0.15) is 5.75 Å². The molecule has 0 radical (unpaired) electrons. The number of nitrogens with zero attached hydrogens (tertiary/aromatic N) is 1. The average molecular weight is 401 g/mol. The number of nitrogens with one attached hydrogen (secondary N) is 2. The molecule has 0 spiro atoms. The number of para-hydroxylation sites is 1. The highest BCUT2D eigenvalue weighted by Gasteiger charge is 2.24. The van der Waals surface area contributed by atoms with Crippen LogP contribution in [0.25, 0.3) is 10.9 Å². The number of hydrogen-bond acceptors (Lipinski definition) is 4. The van der Waals surface area contributed by atoms with Crippen LogP contribution in [0.2, 0.25) is 0 Å². The van der Waals surface area contributed by atoms with Crippen LogP contribution in [0.4, 0.5) is 10.5 Å². The number of aromatic nitrogens is 1. The van der Waals surface area contributed by atoms with Crippen molar-refractivity contribution in [1.82, 2.24) is 9.88 Å². The minimum atomic E-state index is -3.56. The Labute approximate surface area is 164 Å². The van der Waals surface area contributed by atoms with Crippen molar-refractivity contribution < 1.29 is 17.9 Å². The number of anilines is 1. The first-order chi connectivity index (χ1) is 13.3. The number of carbonyl (C=O) groups is 1. The third kappa shape index (κ3) is 3.96. The fraction of sp³-hybridized carbons (Fsp3) is 0.250. The number of amides is 2. The van der Waals surface area contributed by atoms with Gasteiger partial charge in [0, 0.05) is 41.9 Å². The fourth-order valence-corrected chi connectivity index (χ4v) is 4.83. The van der Waals surface area contributed by atoms with E-state index in [0.717, 1.165) is 5.52 Å². The maximum absolute atomic E-state index is 12.9. The van der Waals surface area contributed by atoms with E-state index in [1.54, 1.807) is 44.4 Å². The van der Waals surface area contributed by atoms with Crippen LogP contribution in [0.3, 0.4) is 0 Å². The highest BCUT2D eigenvalue weighted by Crippen LogP contribution is 2.29. The molecule has 0 bridgehead atoms. The molecule has 28 heavy (non-hydrogen) atoms. The minimum Gasteiger partial charge on any atom is -0.497 e. The van der Waals surface area contributed by atoms with Crippen molar-refractivity contribution in [2.75, 3.05) is 24.7 Å². The predicted octanol–water partition coefficient (Wildman–Crippen LogP) is 3.09. The summed E-state index contributed by atoms with van der Waals surface area (Å²) in [5.74, 6) is 0.430. The third-order valence-electron chi connectivity index (χ3n) is 4.64. The van der Waals surface area contributed by atoms with E-state index in [1.165, 1.54) is 0 Å². The number of carbonyl (C=O) groups excluding carboxylic acids is 1. The highest BCUT2D eigenvalue weighted by molar-refractivity contribution is 7.91. The molecule has 0 unspecified atom stereocenters. The smallest absolute Gasteiger partial charge is 0.319 e. The Morgan fingerprint density at radius 2 is 1.89 bits per heavy atom. The molecule has 0 aliphatic rings. The Morgan fingerprint density at radius 1 is 1.14 bits per heavy atom. The van der Waals surface area contributed by atoms with E-state index in [9.17, 15) is 13.2 Å². The van der Waals surface area contributed by atoms with Gasteiger partial charge in [0.05, 0.1) is 17.8 Å². The zero-order valence-electron chi connectivity index (χ0n) is 16.0. The quantitative estimate of drug-likeness (QED) is 0.664. The van der Waals surface area contributed by atoms with Crippen LogP contribution in [0.5, 0.6) is 5.75 Å². The number of methoxy groups -OCH3 is 1. The van der Waals surface area contributed by atoms with Crippen LogP contribution in [-0.2, 0) is 16.9 Å². The Kier molecular flexibility index (Phi) is 5.60. The molecular formula is C20H23N3O4S. The Bertz CT molecular complexity index is 1120. The van der Waals surface area contributed by atoms with Crippen LogP contribution >= 0.6 is 0 Å². The lowest BCUT2D eigenvalue weighted by Crippen LogP contribution is -2.32. The van der Waals surface area contributed by atoms with Crippen molar-refractivity contribution in [3.05, 3.63) is 54.2 Å². The summed E-state index contributed by atoms with van der Waals surface area (Å²) in [5, 5.41) is 5.95. The second kappa shape index (κ2) is 7.93. The second-order valence-electron chi connectivity index (χ2n) is 6.42. The molecule has 2 aromatic carbocycles. The molecular weight excluding hydrogens is 378 g/mol. The van der Waals surface area contributed by atoms with Crippen molar-refractivity contribution in [1.29, 1.82) is 0 Å². The van der Waals surface area contributed by atoms with Crippen molar-refractivity contribution in [2.24, 2.45) is 7.05 Å². The SMILES string of the molecule is COc1cccc(NC(=O)NCCS(=O)(=O)c2c(C)n(C)c3ccccc23)c1. The van der Waals surface area contributed by atoms with Crippen molar-refractivity contribution in [2.45, 2.75) is 11.8 Å². The van der Waals surface area contributed by atoms with Gasteiger partial charge in [0.15, 0.2) is 9.84 Å². The summed E-state index contributed by atoms with van der Waals surface area (Å²) in [5.41, 5.74) is 2.11. The molecule has 8 heteroatoms. The average Bonchev–Trinajstić information content (AvgIpc) is 2.93. The summed E-state index contributed by atoms with van der Waals surface area (Å²) in [4.78, 5) is 12.4. The van der Waals surface area contributed by atoms with Gasteiger partial charge in [-0.05, 0) is 25.1 Å². The van der Waals surface area contributed by atoms with Crippen molar-refractivity contribution in [3.8, 4) is 5.75 Å². The van der Waals surface area contributed by atoms with Crippen LogP contribution in [0, 0.1) is 6.92 Å². The topological polar surface area (TPSA) is 89.4 Å². The van der Waals surface area contributed by atoms with Gasteiger partial charge in [-0.2, -0.15) is 0 Å². The number of hydrogen-bond donors (Lipinski definition) is 2. The van der Waals surface area contributed by atoms with Crippen molar-refractivity contribution >= 4 is 32.5 Å². The molecule has 2 amide bonds. The van der Waals surface area contributed by atoms with Crippen LogP contribution < -0.4 is 15.4 Å². The Balaban J connectivity index is 1.67. The van der Waals surface area contributed by atoms with Crippen LogP contribution in [0.1, 0.15) is 5.69 Å². The molecule has 7 nitrogen and oxygen atoms in total. The number of fused-ring (bicyclic) bond motifs is 1. The number of aryl methyl sites for hydroxylation is 1. The Morgan fingerprint density at radius 3 is 2.64 bits per heavy atom. The summed E-state index contributed by atoms with van der Waals surface area (Å²) in [6.45, 7) is 1.79. The summed E-state index contributed by atoms with van der Waals surface area (Å²) in [6, 6.07) is 13.8. The molecule has 0 fully saturated rings. The lowest BCUT2D eigenvalue weighted by Gasteiger charge is -2.09. The number of urea groups is 1. The van der Waals surface area contributed by atoms with Crippen molar-refractivity contribution in [3.63, 3.8) is 0 Å². The molecule has 2 N–H and O–H groups in total. The zero-order valence-corrected chi connectivity index (χ0v) is 16.8. The van der Waals surface area contributed by atoms with E-state index < -0.39 is 15.9 Å². The summed E-state index contributed by atoms with van der Waals surface area (Å²) in [6.07, 6.45) is 0. The van der Waals surface area contributed by atoms with E-state index in [0.29, 0.717) is 27.4 Å². The highest BCUT2D eigenvalue weighted by atomic mass is 32.2. The normalized spacial score (nSPS) is 11.4. The number of ether oxygens (including phenoxy) is 1. The maximum atomic E-state index is 12.9. The van der Waals surface area contributed by atoms with Gasteiger partial charge in [0.2, 0.25) is 0 Å². The minimum absolute atomic E-state index is 0.000790. The summed E-state index contributed by atoms with van der Waals surface area (Å²) in [7, 11) is -0.174. The third-order valence-corrected chi connectivity index (χ3v) is 6.52. The lowest BCUT2D eigenvalue weighted by atomic mass is 10.2. The standard InChI is InChI=1S/C20H23N3O4S/c1-14-19(17-9-4-5-10-18(17)23(14)2)28(25,26)12-11-21-20(24)22-15-7-6-8-16(13-15)27-3/h4-10,13H,11-12H2,1-3H3,(H2,21,22,24). The first-order valence-corrected chi connectivity index (χ1v) is 10.4. The van der Waals surface area contributed by atoms with E-state index >= 15 is 0 Å². The maximum Gasteiger partial charge on any atom is 0.319 e. The molecule has 1 aromatic heterocycles. The fourth-order valence-electron chi connectivity index (χ4n) is 3.16. The molecule has 3 aromatic rings. The van der Waals surface area contributed by atoms with Gasteiger partial charge < -0.3 is 19.9 Å². The summed E-state index contributed by atoms with van der Waals surface area (Å²) >= 11 is 0. The molecule has 0 saturated heterocycles. The van der Waals surface area contributed by atoms with E-state index in [1.807, 2.05) is 29.8 Å². The first-order valence-electron chi connectivity index (χ1n) is 8.79. The van der Waals surface area contributed by atoms with Gasteiger partial charge in [0.25, 0.3) is 0 Å². The zero-order chi connectivity index (χ0) is 20.3. The molecule has 0 aliphatic heterocycles. The van der Waals surface area contributed by atoms with Gasteiger partial charge in [-0.25, -0.2) is 13.2 Å². The van der Waals surface area contributed by atoms with Gasteiger partial charge in [-0.3, -0.25) is 0 Å². The molecule has 0 aliphatic carbocycles. The van der Waals surface area contributed by atoms with Crippen LogP contribution in [0.15, 0.2) is 53.4 Å². The molecule has 0 atom stereocenters. The van der Waals surface area contributed by atoms with Gasteiger partial charge in [-0.1, -0.05) is 24.3 Å².